The summed E-state index contributed by atoms with van der Waals surface area (Å²) in [6, 6.07) is 7.57. The van der Waals surface area contributed by atoms with Crippen LogP contribution < -0.4 is 11.5 Å². The Labute approximate surface area is 93.4 Å². The second-order valence-corrected chi connectivity index (χ2v) is 3.46. The highest BCUT2D eigenvalue weighted by Crippen LogP contribution is 2.10. The van der Waals surface area contributed by atoms with Gasteiger partial charge in [0.05, 0.1) is 0 Å². The zero-order chi connectivity index (χ0) is 11.5. The average molecular weight is 215 g/mol. The smallest absolute Gasteiger partial charge is 0.218 e. The number of nitrogens with zero attached hydrogens (tertiary/aromatic N) is 3. The molecule has 1 aromatic carbocycles. The molecule has 0 aliphatic rings. The molecule has 0 radical (unpaired) electrons. The van der Waals surface area contributed by atoms with Crippen molar-refractivity contribution in [3.05, 3.63) is 35.7 Å². The Bertz CT molecular complexity index is 507. The number of hydrogen-bond donors (Lipinski definition) is 2. The summed E-state index contributed by atoms with van der Waals surface area (Å²) >= 11 is 0. The monoisotopic (exact) mass is 215 g/mol. The minimum Gasteiger partial charge on any atom is -0.399 e. The summed E-state index contributed by atoms with van der Waals surface area (Å²) in [4.78, 5) is 4.06. The lowest BCUT2D eigenvalue weighted by Crippen LogP contribution is -1.97. The maximum Gasteiger partial charge on any atom is 0.218 e. The van der Waals surface area contributed by atoms with Crippen LogP contribution in [0.2, 0.25) is 0 Å². The predicted octanol–water partition coefficient (Wildman–Crippen LogP) is 1.15. The Balaban J connectivity index is 2.21. The van der Waals surface area contributed by atoms with Crippen molar-refractivity contribution >= 4 is 23.8 Å². The number of nitrogens with two attached hydrogens (primary N) is 2. The van der Waals surface area contributed by atoms with E-state index in [0.29, 0.717) is 11.8 Å². The molecule has 0 bridgehead atoms. The molecule has 1 heterocycles. The molecule has 82 valence electrons. The molecule has 0 spiro atoms. The van der Waals surface area contributed by atoms with E-state index >= 15 is 0 Å². The fourth-order valence-electron chi connectivity index (χ4n) is 1.32. The molecule has 0 aliphatic carbocycles. The van der Waals surface area contributed by atoms with Crippen LogP contribution in [0.15, 0.2) is 24.3 Å². The standard InChI is InChI=1S/C11H13N5/c1-16-11(13)14-10(15-16)6-5-8-3-2-4-9(12)7-8/h2-7H,12H2,1H3,(H2,13,14,15)/b6-5+. The van der Waals surface area contributed by atoms with Gasteiger partial charge in [-0.2, -0.15) is 10.1 Å². The fraction of sp³-hybridized carbons (Fsp3) is 0.0909. The first kappa shape index (κ1) is 10.2. The molecule has 0 atom stereocenters. The van der Waals surface area contributed by atoms with Crippen molar-refractivity contribution in [1.82, 2.24) is 14.8 Å². The molecule has 0 amide bonds. The lowest BCUT2D eigenvalue weighted by Gasteiger charge is -1.94. The van der Waals surface area contributed by atoms with Crippen LogP contribution in [0.3, 0.4) is 0 Å². The summed E-state index contributed by atoms with van der Waals surface area (Å²) in [6.07, 6.45) is 3.69. The first-order valence-corrected chi connectivity index (χ1v) is 4.85. The van der Waals surface area contributed by atoms with Crippen molar-refractivity contribution in [2.75, 3.05) is 11.5 Å². The second kappa shape index (κ2) is 4.06. The Hall–Kier alpha value is -2.30. The van der Waals surface area contributed by atoms with Gasteiger partial charge < -0.3 is 11.5 Å². The lowest BCUT2D eigenvalue weighted by molar-refractivity contribution is 0.775. The lowest BCUT2D eigenvalue weighted by atomic mass is 10.2. The fourth-order valence-corrected chi connectivity index (χ4v) is 1.32. The van der Waals surface area contributed by atoms with Crippen molar-refractivity contribution in [2.45, 2.75) is 0 Å². The topological polar surface area (TPSA) is 82.8 Å². The van der Waals surface area contributed by atoms with Crippen molar-refractivity contribution in [2.24, 2.45) is 7.05 Å². The van der Waals surface area contributed by atoms with E-state index in [2.05, 4.69) is 10.1 Å². The molecule has 0 fully saturated rings. The minimum atomic E-state index is 0.396. The van der Waals surface area contributed by atoms with Gasteiger partial charge in [0.15, 0.2) is 5.82 Å². The molecule has 2 aromatic rings. The molecule has 0 saturated heterocycles. The van der Waals surface area contributed by atoms with Gasteiger partial charge in [0, 0.05) is 12.7 Å². The van der Waals surface area contributed by atoms with Gasteiger partial charge in [0.25, 0.3) is 0 Å². The molecule has 2 rings (SSSR count). The third-order valence-electron chi connectivity index (χ3n) is 2.15. The number of nitrogen functional groups attached to an aromatic ring is 2. The van der Waals surface area contributed by atoms with Crippen molar-refractivity contribution < 1.29 is 0 Å². The highest BCUT2D eigenvalue weighted by atomic mass is 15.4. The first-order valence-electron chi connectivity index (χ1n) is 4.85. The van der Waals surface area contributed by atoms with Crippen LogP contribution in [0, 0.1) is 0 Å². The third-order valence-corrected chi connectivity index (χ3v) is 2.15. The maximum atomic E-state index is 5.67. The van der Waals surface area contributed by atoms with Crippen LogP contribution in [0.25, 0.3) is 12.2 Å². The molecule has 5 heteroatoms. The molecular weight excluding hydrogens is 202 g/mol. The number of aryl methyl sites for hydroxylation is 1. The van der Waals surface area contributed by atoms with E-state index in [1.54, 1.807) is 13.1 Å². The zero-order valence-electron chi connectivity index (χ0n) is 8.96. The molecule has 5 nitrogen and oxygen atoms in total. The SMILES string of the molecule is Cn1nc(/C=C/c2cccc(N)c2)nc1N. The molecule has 0 unspecified atom stereocenters. The number of rotatable bonds is 2. The Morgan fingerprint density at radius 1 is 1.25 bits per heavy atom. The highest BCUT2D eigenvalue weighted by Gasteiger charge is 1.98. The van der Waals surface area contributed by atoms with Crippen LogP contribution in [0.5, 0.6) is 0 Å². The van der Waals surface area contributed by atoms with Gasteiger partial charge in [-0.15, -0.1) is 0 Å². The van der Waals surface area contributed by atoms with Crippen molar-refractivity contribution in [3.8, 4) is 0 Å². The maximum absolute atomic E-state index is 5.67. The van der Waals surface area contributed by atoms with E-state index in [0.717, 1.165) is 11.3 Å². The molecule has 0 saturated carbocycles. The largest absolute Gasteiger partial charge is 0.399 e. The Kier molecular flexibility index (Phi) is 2.59. The predicted molar refractivity (Wildman–Crippen MR) is 65.2 cm³/mol. The van der Waals surface area contributed by atoms with Gasteiger partial charge in [-0.1, -0.05) is 18.2 Å². The number of aromatic nitrogens is 3. The quantitative estimate of drug-likeness (QED) is 0.736. The highest BCUT2D eigenvalue weighted by molar-refractivity contribution is 5.68. The Morgan fingerprint density at radius 3 is 2.69 bits per heavy atom. The summed E-state index contributed by atoms with van der Waals surface area (Å²) in [5, 5.41) is 4.11. The molecule has 16 heavy (non-hydrogen) atoms. The first-order chi connectivity index (χ1) is 7.65. The van der Waals surface area contributed by atoms with E-state index in [1.807, 2.05) is 30.3 Å². The van der Waals surface area contributed by atoms with Crippen LogP contribution in [0.1, 0.15) is 11.4 Å². The van der Waals surface area contributed by atoms with Gasteiger partial charge >= 0.3 is 0 Å². The number of benzene rings is 1. The summed E-state index contributed by atoms with van der Waals surface area (Å²) in [6.45, 7) is 0. The summed E-state index contributed by atoms with van der Waals surface area (Å²) in [7, 11) is 1.75. The van der Waals surface area contributed by atoms with E-state index in [-0.39, 0.29) is 0 Å². The van der Waals surface area contributed by atoms with Gasteiger partial charge in [-0.25, -0.2) is 4.68 Å². The molecular formula is C11H13N5. The summed E-state index contributed by atoms with van der Waals surface area (Å²) < 4.78 is 1.53. The van der Waals surface area contributed by atoms with Crippen molar-refractivity contribution in [1.29, 1.82) is 0 Å². The Morgan fingerprint density at radius 2 is 2.06 bits per heavy atom. The van der Waals surface area contributed by atoms with Crippen LogP contribution in [-0.4, -0.2) is 14.8 Å². The molecule has 4 N–H and O–H groups in total. The van der Waals surface area contributed by atoms with Gasteiger partial charge in [0.2, 0.25) is 5.95 Å². The normalized spacial score (nSPS) is 11.1. The van der Waals surface area contributed by atoms with Gasteiger partial charge in [-0.3, -0.25) is 0 Å². The summed E-state index contributed by atoms with van der Waals surface area (Å²) in [5.41, 5.74) is 13.0. The minimum absolute atomic E-state index is 0.396. The third kappa shape index (κ3) is 2.20. The van der Waals surface area contributed by atoms with E-state index in [9.17, 15) is 0 Å². The summed E-state index contributed by atoms with van der Waals surface area (Å²) in [5.74, 6) is 0.981. The number of anilines is 2. The van der Waals surface area contributed by atoms with Crippen molar-refractivity contribution in [3.63, 3.8) is 0 Å². The van der Waals surface area contributed by atoms with Gasteiger partial charge in [-0.05, 0) is 23.8 Å². The number of hydrogen-bond acceptors (Lipinski definition) is 4. The average Bonchev–Trinajstić information content (AvgIpc) is 2.56. The van der Waals surface area contributed by atoms with E-state index in [4.69, 9.17) is 11.5 Å². The van der Waals surface area contributed by atoms with Crippen LogP contribution in [-0.2, 0) is 7.05 Å². The van der Waals surface area contributed by atoms with Crippen LogP contribution >= 0.6 is 0 Å². The zero-order valence-corrected chi connectivity index (χ0v) is 8.96. The second-order valence-electron chi connectivity index (χ2n) is 3.46. The van der Waals surface area contributed by atoms with Gasteiger partial charge in [0.1, 0.15) is 0 Å². The van der Waals surface area contributed by atoms with E-state index in [1.165, 1.54) is 4.68 Å². The molecule has 0 aliphatic heterocycles. The van der Waals surface area contributed by atoms with Crippen LogP contribution in [0.4, 0.5) is 11.6 Å². The molecule has 1 aromatic heterocycles. The van der Waals surface area contributed by atoms with E-state index < -0.39 is 0 Å².